The van der Waals surface area contributed by atoms with Gasteiger partial charge in [-0.2, -0.15) is 4.99 Å². The van der Waals surface area contributed by atoms with Crippen molar-refractivity contribution >= 4 is 56.6 Å². The highest BCUT2D eigenvalue weighted by Crippen LogP contribution is 2.47. The first kappa shape index (κ1) is 20.6. The second-order valence-electron chi connectivity index (χ2n) is 6.84. The molecule has 0 saturated heterocycles. The molecule has 3 aromatic rings. The molecule has 1 aliphatic rings. The van der Waals surface area contributed by atoms with Gasteiger partial charge in [0.25, 0.3) is 5.91 Å². The number of carbonyl (C=O) groups excluding carboxylic acids is 1. The quantitative estimate of drug-likeness (QED) is 0.581. The number of rotatable bonds is 4. The van der Waals surface area contributed by atoms with Crippen LogP contribution in [0, 0.1) is 0 Å². The fraction of sp³-hybridized carbons (Fsp3) is 0.120. The van der Waals surface area contributed by atoms with Crippen LogP contribution in [0.4, 0.5) is 0 Å². The lowest BCUT2D eigenvalue weighted by Gasteiger charge is -2.32. The fourth-order valence-electron chi connectivity index (χ4n) is 3.83. The Balaban J connectivity index is 2.26. The van der Waals surface area contributed by atoms with Gasteiger partial charge in [0.2, 0.25) is 0 Å². The van der Waals surface area contributed by atoms with Crippen molar-refractivity contribution in [2.75, 3.05) is 5.75 Å². The van der Waals surface area contributed by atoms with E-state index in [1.807, 2.05) is 54.6 Å². The van der Waals surface area contributed by atoms with Gasteiger partial charge in [-0.15, -0.1) is 11.8 Å². The average Bonchev–Trinajstić information content (AvgIpc) is 2.78. The van der Waals surface area contributed by atoms with Gasteiger partial charge < -0.3 is 0 Å². The molecule has 0 unspecified atom stereocenters. The standard InChI is InChI=1S/C25H23N2OPS/c1-3-30-25-23(24(28)26-19(2)27-25)29(20-13-7-4-8-14-20,21-15-9-5-10-16-21)22-17-11-6-12-18-22/h4-18H,3H2,1-2H3. The number of amidine groups is 1. The van der Waals surface area contributed by atoms with E-state index in [1.165, 1.54) is 0 Å². The van der Waals surface area contributed by atoms with Crippen molar-refractivity contribution in [2.24, 2.45) is 9.98 Å². The van der Waals surface area contributed by atoms with Crippen LogP contribution in [-0.4, -0.2) is 27.8 Å². The molecule has 1 amide bonds. The van der Waals surface area contributed by atoms with E-state index in [0.29, 0.717) is 5.84 Å². The van der Waals surface area contributed by atoms with Crippen LogP contribution in [0.2, 0.25) is 0 Å². The van der Waals surface area contributed by atoms with Crippen molar-refractivity contribution in [1.82, 2.24) is 0 Å². The molecular formula is C25H23N2OPS. The number of thioether (sulfide) groups is 1. The molecule has 0 bridgehead atoms. The minimum absolute atomic E-state index is 0.177. The van der Waals surface area contributed by atoms with E-state index in [9.17, 15) is 4.79 Å². The third-order valence-corrected chi connectivity index (χ3v) is 10.3. The molecule has 1 heterocycles. The molecule has 0 aliphatic carbocycles. The lowest BCUT2D eigenvalue weighted by Crippen LogP contribution is -2.38. The molecule has 0 N–H and O–H groups in total. The highest BCUT2D eigenvalue weighted by atomic mass is 32.2. The molecule has 1 aliphatic heterocycles. The van der Waals surface area contributed by atoms with Crippen LogP contribution in [0.5, 0.6) is 0 Å². The average molecular weight is 431 g/mol. The van der Waals surface area contributed by atoms with Crippen LogP contribution in [-0.2, 0) is 4.79 Å². The summed E-state index contributed by atoms with van der Waals surface area (Å²) in [6, 6.07) is 31.1. The number of aliphatic imine (C=N–C) groups is 2. The Bertz CT molecular complexity index is 1070. The van der Waals surface area contributed by atoms with Gasteiger partial charge in [0.05, 0.1) is 5.29 Å². The third kappa shape index (κ3) is 3.62. The summed E-state index contributed by atoms with van der Waals surface area (Å²) in [6.07, 6.45) is 0. The van der Waals surface area contributed by atoms with Gasteiger partial charge in [-0.25, -0.2) is 4.99 Å². The molecule has 0 aromatic heterocycles. The smallest absolute Gasteiger partial charge is 0.267 e. The van der Waals surface area contributed by atoms with Gasteiger partial charge in [-0.3, -0.25) is 4.79 Å². The lowest BCUT2D eigenvalue weighted by molar-refractivity contribution is -0.111. The molecule has 150 valence electrons. The summed E-state index contributed by atoms with van der Waals surface area (Å²) in [4.78, 5) is 22.6. The SMILES string of the molecule is CCSC1=NC(C)=NC(=O)C1=P(c1ccccc1)(c1ccccc1)c1ccccc1. The lowest BCUT2D eigenvalue weighted by atomic mass is 10.3. The summed E-state index contributed by atoms with van der Waals surface area (Å²) >= 11 is 1.62. The van der Waals surface area contributed by atoms with Crippen molar-refractivity contribution in [3.8, 4) is 0 Å². The van der Waals surface area contributed by atoms with Crippen molar-refractivity contribution < 1.29 is 4.79 Å². The van der Waals surface area contributed by atoms with E-state index in [-0.39, 0.29) is 5.91 Å². The maximum absolute atomic E-state index is 13.6. The molecule has 30 heavy (non-hydrogen) atoms. The molecular weight excluding hydrogens is 407 g/mol. The van der Waals surface area contributed by atoms with Gasteiger partial charge in [-0.1, -0.05) is 97.9 Å². The highest BCUT2D eigenvalue weighted by Gasteiger charge is 2.37. The maximum Gasteiger partial charge on any atom is 0.282 e. The summed E-state index contributed by atoms with van der Waals surface area (Å²) in [6.45, 7) is 1.39. The first-order valence-electron chi connectivity index (χ1n) is 9.92. The van der Waals surface area contributed by atoms with Crippen LogP contribution in [0.15, 0.2) is 101 Å². The number of hydrogen-bond acceptors (Lipinski definition) is 3. The van der Waals surface area contributed by atoms with E-state index in [2.05, 4.69) is 48.3 Å². The Morgan fingerprint density at radius 1 is 0.733 bits per heavy atom. The van der Waals surface area contributed by atoms with E-state index >= 15 is 0 Å². The summed E-state index contributed by atoms with van der Waals surface area (Å²) in [5.41, 5.74) is 0. The Kier molecular flexibility index (Phi) is 6.17. The summed E-state index contributed by atoms with van der Waals surface area (Å²) < 4.78 is 0. The molecule has 0 fully saturated rings. The predicted molar refractivity (Wildman–Crippen MR) is 134 cm³/mol. The van der Waals surface area contributed by atoms with Crippen LogP contribution in [0.1, 0.15) is 13.8 Å². The minimum Gasteiger partial charge on any atom is -0.267 e. The predicted octanol–water partition coefficient (Wildman–Crippen LogP) is 4.26. The van der Waals surface area contributed by atoms with Gasteiger partial charge in [-0.05, 0) is 35.5 Å². The minimum atomic E-state index is -2.49. The third-order valence-electron chi connectivity index (χ3n) is 4.98. The summed E-state index contributed by atoms with van der Waals surface area (Å²) in [7, 11) is 0. The summed E-state index contributed by atoms with van der Waals surface area (Å²) in [5, 5.41) is 4.91. The number of carbonyl (C=O) groups is 1. The Labute approximate surface area is 182 Å². The zero-order valence-electron chi connectivity index (χ0n) is 17.0. The van der Waals surface area contributed by atoms with Gasteiger partial charge in [0, 0.05) is 0 Å². The molecule has 0 atom stereocenters. The molecule has 0 radical (unpaired) electrons. The number of hydrogen-bond donors (Lipinski definition) is 0. The number of benzene rings is 3. The first-order chi connectivity index (χ1) is 14.7. The van der Waals surface area contributed by atoms with Crippen molar-refractivity contribution in [1.29, 1.82) is 0 Å². The second kappa shape index (κ2) is 8.99. The van der Waals surface area contributed by atoms with E-state index in [0.717, 1.165) is 32.0 Å². The van der Waals surface area contributed by atoms with Crippen molar-refractivity contribution in [3.63, 3.8) is 0 Å². The maximum atomic E-state index is 13.6. The van der Waals surface area contributed by atoms with Crippen LogP contribution >= 0.6 is 18.6 Å². The molecule has 3 aromatic carbocycles. The molecule has 3 nitrogen and oxygen atoms in total. The Hall–Kier alpha value is -2.68. The van der Waals surface area contributed by atoms with Crippen LogP contribution < -0.4 is 15.9 Å². The Morgan fingerprint density at radius 3 is 1.57 bits per heavy atom. The molecule has 0 spiro atoms. The molecule has 5 heteroatoms. The van der Waals surface area contributed by atoms with Gasteiger partial charge in [0.1, 0.15) is 10.9 Å². The largest absolute Gasteiger partial charge is 0.282 e. The highest BCUT2D eigenvalue weighted by molar-refractivity contribution is 8.18. The number of amides is 1. The number of nitrogens with zero attached hydrogens (tertiary/aromatic N) is 2. The van der Waals surface area contributed by atoms with Crippen molar-refractivity contribution in [3.05, 3.63) is 91.0 Å². The normalized spacial score (nSPS) is 14.3. The second-order valence-corrected chi connectivity index (χ2v) is 11.4. The van der Waals surface area contributed by atoms with Crippen LogP contribution in [0.25, 0.3) is 0 Å². The monoisotopic (exact) mass is 430 g/mol. The molecule has 4 rings (SSSR count). The molecule has 0 saturated carbocycles. The Morgan fingerprint density at radius 2 is 1.17 bits per heavy atom. The van der Waals surface area contributed by atoms with Crippen molar-refractivity contribution in [2.45, 2.75) is 13.8 Å². The topological polar surface area (TPSA) is 41.8 Å². The first-order valence-corrected chi connectivity index (χ1v) is 12.7. The fourth-order valence-corrected chi connectivity index (χ4v) is 9.33. The van der Waals surface area contributed by atoms with Gasteiger partial charge >= 0.3 is 0 Å². The van der Waals surface area contributed by atoms with Crippen LogP contribution in [0.3, 0.4) is 0 Å². The van der Waals surface area contributed by atoms with E-state index in [4.69, 9.17) is 4.99 Å². The zero-order chi connectivity index (χ0) is 21.0. The zero-order valence-corrected chi connectivity index (χ0v) is 18.7. The summed E-state index contributed by atoms with van der Waals surface area (Å²) in [5.74, 6) is 1.18. The van der Waals surface area contributed by atoms with E-state index < -0.39 is 6.89 Å². The van der Waals surface area contributed by atoms with Gasteiger partial charge in [0.15, 0.2) is 0 Å². The van der Waals surface area contributed by atoms with E-state index in [1.54, 1.807) is 18.7 Å².